The molecular formula is C15H26N4OS. The number of pyridine rings is 1. The molecule has 0 bridgehead atoms. The molecule has 0 aliphatic carbocycles. The van der Waals surface area contributed by atoms with Gasteiger partial charge in [-0.25, -0.2) is 9.29 Å². The molecule has 1 aromatic heterocycles. The van der Waals surface area contributed by atoms with Crippen LogP contribution >= 0.6 is 12.1 Å². The lowest BCUT2D eigenvalue weighted by Crippen LogP contribution is -2.41. The zero-order chi connectivity index (χ0) is 15.5. The molecule has 2 heterocycles. The van der Waals surface area contributed by atoms with E-state index in [4.69, 9.17) is 4.74 Å². The molecule has 1 aliphatic rings. The van der Waals surface area contributed by atoms with Gasteiger partial charge in [-0.3, -0.25) is 0 Å². The molecule has 2 rings (SSSR count). The molecule has 1 N–H and O–H groups in total. The topological polar surface area (TPSA) is 40.6 Å². The van der Waals surface area contributed by atoms with Gasteiger partial charge >= 0.3 is 0 Å². The van der Waals surface area contributed by atoms with Crippen LogP contribution in [0.4, 0.5) is 5.69 Å². The number of rotatable bonds is 4. The van der Waals surface area contributed by atoms with E-state index in [1.165, 1.54) is 5.56 Å². The van der Waals surface area contributed by atoms with Gasteiger partial charge in [0, 0.05) is 44.5 Å². The van der Waals surface area contributed by atoms with Crippen molar-refractivity contribution in [2.45, 2.75) is 26.2 Å². The Labute approximate surface area is 132 Å². The number of aromatic nitrogens is 1. The largest absolute Gasteiger partial charge is 0.480 e. The summed E-state index contributed by atoms with van der Waals surface area (Å²) in [6, 6.07) is 2.13. The number of hydrogen-bond acceptors (Lipinski definition) is 6. The van der Waals surface area contributed by atoms with E-state index in [1.807, 2.05) is 6.20 Å². The third-order valence-electron chi connectivity index (χ3n) is 3.66. The van der Waals surface area contributed by atoms with Crippen LogP contribution in [0.5, 0.6) is 5.88 Å². The van der Waals surface area contributed by atoms with Crippen LogP contribution in [-0.2, 0) is 5.41 Å². The standard InChI is InChI=1S/C15H26N4OS/c1-15(2,3)12-10-13(14(20-5)16-11-12)17-21-19-8-6-18(4)7-9-19/h10-11,17H,6-9H2,1-5H3. The minimum absolute atomic E-state index is 0.0776. The summed E-state index contributed by atoms with van der Waals surface area (Å²) in [7, 11) is 3.82. The summed E-state index contributed by atoms with van der Waals surface area (Å²) < 4.78 is 11.1. The van der Waals surface area contributed by atoms with Crippen molar-refractivity contribution in [1.29, 1.82) is 0 Å². The SMILES string of the molecule is COc1ncc(C(C)(C)C)cc1NSN1CCN(C)CC1. The lowest BCUT2D eigenvalue weighted by molar-refractivity contribution is 0.234. The average molecular weight is 310 g/mol. The Morgan fingerprint density at radius 1 is 1.24 bits per heavy atom. The van der Waals surface area contributed by atoms with Gasteiger partial charge in [-0.15, -0.1) is 0 Å². The van der Waals surface area contributed by atoms with E-state index in [0.29, 0.717) is 5.88 Å². The van der Waals surface area contributed by atoms with Gasteiger partial charge in [-0.1, -0.05) is 20.8 Å². The molecule has 0 spiro atoms. The monoisotopic (exact) mass is 310 g/mol. The van der Waals surface area contributed by atoms with Gasteiger partial charge in [-0.05, 0) is 24.1 Å². The summed E-state index contributed by atoms with van der Waals surface area (Å²) in [6.45, 7) is 10.9. The lowest BCUT2D eigenvalue weighted by Gasteiger charge is -2.31. The Balaban J connectivity index is 2.04. The van der Waals surface area contributed by atoms with Crippen molar-refractivity contribution >= 4 is 17.8 Å². The first-order chi connectivity index (χ1) is 9.90. The van der Waals surface area contributed by atoms with Crippen LogP contribution in [0.15, 0.2) is 12.3 Å². The maximum Gasteiger partial charge on any atom is 0.237 e. The van der Waals surface area contributed by atoms with Crippen molar-refractivity contribution in [2.24, 2.45) is 0 Å². The second kappa shape index (κ2) is 6.85. The van der Waals surface area contributed by atoms with Crippen LogP contribution in [0.25, 0.3) is 0 Å². The number of anilines is 1. The van der Waals surface area contributed by atoms with E-state index in [1.54, 1.807) is 19.2 Å². The fraction of sp³-hybridized carbons (Fsp3) is 0.667. The van der Waals surface area contributed by atoms with E-state index in [9.17, 15) is 0 Å². The molecule has 0 unspecified atom stereocenters. The molecule has 0 radical (unpaired) electrons. The quantitative estimate of drug-likeness (QED) is 0.862. The zero-order valence-electron chi connectivity index (χ0n) is 13.6. The first-order valence-electron chi connectivity index (χ1n) is 7.31. The highest BCUT2D eigenvalue weighted by Gasteiger charge is 2.18. The van der Waals surface area contributed by atoms with E-state index >= 15 is 0 Å². The fourth-order valence-electron chi connectivity index (χ4n) is 2.09. The molecular weight excluding hydrogens is 284 g/mol. The number of nitrogens with zero attached hydrogens (tertiary/aromatic N) is 3. The van der Waals surface area contributed by atoms with Crippen LogP contribution in [0, 0.1) is 0 Å². The van der Waals surface area contributed by atoms with Gasteiger partial charge in [0.25, 0.3) is 0 Å². The lowest BCUT2D eigenvalue weighted by atomic mass is 9.88. The average Bonchev–Trinajstić information content (AvgIpc) is 2.45. The van der Waals surface area contributed by atoms with E-state index in [0.717, 1.165) is 31.9 Å². The highest BCUT2D eigenvalue weighted by Crippen LogP contribution is 2.31. The molecule has 0 amide bonds. The maximum absolute atomic E-state index is 5.36. The van der Waals surface area contributed by atoms with Crippen LogP contribution in [0.2, 0.25) is 0 Å². The molecule has 1 saturated heterocycles. The van der Waals surface area contributed by atoms with E-state index in [-0.39, 0.29) is 5.41 Å². The third-order valence-corrected chi connectivity index (χ3v) is 4.59. The number of methoxy groups -OCH3 is 1. The first kappa shape index (κ1) is 16.4. The number of piperazine rings is 1. The molecule has 1 aromatic rings. The van der Waals surface area contributed by atoms with E-state index in [2.05, 4.69) is 52.8 Å². The number of nitrogens with one attached hydrogen (secondary N) is 1. The van der Waals surface area contributed by atoms with Crippen molar-refractivity contribution < 1.29 is 4.74 Å². The maximum atomic E-state index is 5.36. The molecule has 6 heteroatoms. The Kier molecular flexibility index (Phi) is 5.35. The smallest absolute Gasteiger partial charge is 0.237 e. The first-order valence-corrected chi connectivity index (χ1v) is 8.08. The fourth-order valence-corrected chi connectivity index (χ4v) is 2.81. The number of hydrogen-bond donors (Lipinski definition) is 1. The van der Waals surface area contributed by atoms with Gasteiger partial charge in [0.15, 0.2) is 0 Å². The zero-order valence-corrected chi connectivity index (χ0v) is 14.5. The predicted molar refractivity (Wildman–Crippen MR) is 89.8 cm³/mol. The van der Waals surface area contributed by atoms with Gasteiger partial charge < -0.3 is 14.4 Å². The van der Waals surface area contributed by atoms with Crippen LogP contribution in [0.1, 0.15) is 26.3 Å². The normalized spacial score (nSPS) is 17.8. The number of ether oxygens (including phenoxy) is 1. The van der Waals surface area contributed by atoms with Crippen molar-refractivity contribution in [3.05, 3.63) is 17.8 Å². The van der Waals surface area contributed by atoms with Gasteiger partial charge in [0.2, 0.25) is 5.88 Å². The van der Waals surface area contributed by atoms with Crippen molar-refractivity contribution in [3.63, 3.8) is 0 Å². The second-order valence-electron chi connectivity index (χ2n) is 6.46. The Hall–Kier alpha value is -0.980. The molecule has 21 heavy (non-hydrogen) atoms. The van der Waals surface area contributed by atoms with E-state index < -0.39 is 0 Å². The Morgan fingerprint density at radius 2 is 1.90 bits per heavy atom. The molecule has 1 aliphatic heterocycles. The summed E-state index contributed by atoms with van der Waals surface area (Å²) in [4.78, 5) is 6.76. The second-order valence-corrected chi connectivity index (χ2v) is 7.36. The third kappa shape index (κ3) is 4.49. The molecule has 1 fully saturated rings. The Bertz CT molecular complexity index is 467. The summed E-state index contributed by atoms with van der Waals surface area (Å²) in [5.41, 5.74) is 2.22. The van der Waals surface area contributed by atoms with Crippen molar-refractivity contribution in [3.8, 4) is 5.88 Å². The summed E-state index contributed by atoms with van der Waals surface area (Å²) in [5, 5.41) is 0. The van der Waals surface area contributed by atoms with Crippen LogP contribution < -0.4 is 9.46 Å². The minimum atomic E-state index is 0.0776. The summed E-state index contributed by atoms with van der Waals surface area (Å²) >= 11 is 1.64. The summed E-state index contributed by atoms with van der Waals surface area (Å²) in [6.07, 6.45) is 1.89. The molecule has 118 valence electrons. The Morgan fingerprint density at radius 3 is 2.48 bits per heavy atom. The molecule has 0 aromatic carbocycles. The molecule has 0 atom stereocenters. The minimum Gasteiger partial charge on any atom is -0.480 e. The highest BCUT2D eigenvalue weighted by atomic mass is 32.2. The molecule has 0 saturated carbocycles. The van der Waals surface area contributed by atoms with Crippen molar-refractivity contribution in [1.82, 2.24) is 14.2 Å². The number of likely N-dealkylation sites (N-methyl/N-ethyl adjacent to an activating group) is 1. The highest BCUT2D eigenvalue weighted by molar-refractivity contribution is 7.98. The van der Waals surface area contributed by atoms with Crippen molar-refractivity contribution in [2.75, 3.05) is 45.1 Å². The van der Waals surface area contributed by atoms with Gasteiger partial charge in [0.05, 0.1) is 7.11 Å². The van der Waals surface area contributed by atoms with Crippen LogP contribution in [-0.4, -0.2) is 54.5 Å². The molecule has 5 nitrogen and oxygen atoms in total. The van der Waals surface area contributed by atoms with Crippen LogP contribution in [0.3, 0.4) is 0 Å². The van der Waals surface area contributed by atoms with Gasteiger partial charge in [-0.2, -0.15) is 0 Å². The van der Waals surface area contributed by atoms with Gasteiger partial charge in [0.1, 0.15) is 5.69 Å². The summed E-state index contributed by atoms with van der Waals surface area (Å²) in [5.74, 6) is 0.643. The predicted octanol–water partition coefficient (Wildman–Crippen LogP) is 2.61.